The van der Waals surface area contributed by atoms with Crippen molar-refractivity contribution in [2.24, 2.45) is 10.4 Å². The molecule has 1 nitrogen and oxygen atoms in total. The molecule has 0 amide bonds. The minimum atomic E-state index is 0.629. The lowest BCUT2D eigenvalue weighted by Gasteiger charge is -2.20. The molecule has 0 heterocycles. The van der Waals surface area contributed by atoms with Crippen molar-refractivity contribution >= 4 is 6.21 Å². The van der Waals surface area contributed by atoms with Gasteiger partial charge in [0.1, 0.15) is 0 Å². The lowest BCUT2D eigenvalue weighted by molar-refractivity contribution is 0.327. The minimum Gasteiger partial charge on any atom is -0.289 e. The van der Waals surface area contributed by atoms with E-state index in [4.69, 9.17) is 4.99 Å². The molecule has 0 bridgehead atoms. The van der Waals surface area contributed by atoms with Crippen LogP contribution in [0, 0.1) is 5.41 Å². The first-order valence-electron chi connectivity index (χ1n) is 6.47. The average Bonchev–Trinajstić information content (AvgIpc) is 3.01. The Bertz CT molecular complexity index is 374. The molecule has 2 aliphatic carbocycles. The maximum Gasteiger partial charge on any atom is 0.0562 e. The SMILES string of the molecule is C(=NC1CC12CCCCC2)c1ccccc1. The van der Waals surface area contributed by atoms with Gasteiger partial charge in [-0.25, -0.2) is 0 Å². The third kappa shape index (κ3) is 1.91. The summed E-state index contributed by atoms with van der Waals surface area (Å²) < 4.78 is 0. The van der Waals surface area contributed by atoms with Crippen LogP contribution in [0.4, 0.5) is 0 Å². The third-order valence-electron chi connectivity index (χ3n) is 4.20. The monoisotopic (exact) mass is 213 g/mol. The first-order valence-corrected chi connectivity index (χ1v) is 6.47. The molecule has 84 valence electrons. The van der Waals surface area contributed by atoms with Crippen molar-refractivity contribution in [2.45, 2.75) is 44.6 Å². The highest BCUT2D eigenvalue weighted by Crippen LogP contribution is 2.58. The van der Waals surface area contributed by atoms with E-state index in [1.165, 1.54) is 44.1 Å². The van der Waals surface area contributed by atoms with Gasteiger partial charge in [0.25, 0.3) is 0 Å². The maximum atomic E-state index is 4.76. The van der Waals surface area contributed by atoms with Crippen molar-refractivity contribution in [1.29, 1.82) is 0 Å². The summed E-state index contributed by atoms with van der Waals surface area (Å²) in [6, 6.07) is 11.1. The Labute approximate surface area is 97.6 Å². The molecule has 1 heteroatoms. The quantitative estimate of drug-likeness (QED) is 0.662. The fourth-order valence-corrected chi connectivity index (χ4v) is 3.05. The minimum absolute atomic E-state index is 0.629. The Morgan fingerprint density at radius 2 is 1.81 bits per heavy atom. The molecule has 1 unspecified atom stereocenters. The number of hydrogen-bond acceptors (Lipinski definition) is 1. The molecule has 2 fully saturated rings. The van der Waals surface area contributed by atoms with Crippen LogP contribution in [0.5, 0.6) is 0 Å². The van der Waals surface area contributed by atoms with E-state index in [1.54, 1.807) is 0 Å². The topological polar surface area (TPSA) is 12.4 Å². The van der Waals surface area contributed by atoms with Gasteiger partial charge in [-0.1, -0.05) is 49.6 Å². The number of rotatable bonds is 2. The van der Waals surface area contributed by atoms with Crippen molar-refractivity contribution in [3.8, 4) is 0 Å². The molecule has 16 heavy (non-hydrogen) atoms. The zero-order valence-electron chi connectivity index (χ0n) is 9.73. The Morgan fingerprint density at radius 3 is 2.56 bits per heavy atom. The molecule has 2 aliphatic rings. The molecule has 1 atom stereocenters. The van der Waals surface area contributed by atoms with Gasteiger partial charge in [0.15, 0.2) is 0 Å². The summed E-state index contributed by atoms with van der Waals surface area (Å²) in [6.45, 7) is 0. The van der Waals surface area contributed by atoms with E-state index in [2.05, 4.69) is 36.5 Å². The normalized spacial score (nSPS) is 27.4. The first kappa shape index (κ1) is 10.1. The summed E-state index contributed by atoms with van der Waals surface area (Å²) >= 11 is 0. The van der Waals surface area contributed by atoms with Gasteiger partial charge >= 0.3 is 0 Å². The number of benzene rings is 1. The van der Waals surface area contributed by atoms with E-state index in [1.807, 2.05) is 0 Å². The summed E-state index contributed by atoms with van der Waals surface area (Å²) in [5, 5.41) is 0. The number of hydrogen-bond donors (Lipinski definition) is 0. The predicted molar refractivity (Wildman–Crippen MR) is 68.0 cm³/mol. The van der Waals surface area contributed by atoms with Crippen LogP contribution in [0.1, 0.15) is 44.1 Å². The van der Waals surface area contributed by atoms with E-state index >= 15 is 0 Å². The molecule has 1 spiro atoms. The second kappa shape index (κ2) is 4.04. The second-order valence-corrected chi connectivity index (χ2v) is 5.33. The van der Waals surface area contributed by atoms with Crippen LogP contribution in [0.2, 0.25) is 0 Å². The van der Waals surface area contributed by atoms with Gasteiger partial charge in [-0.3, -0.25) is 4.99 Å². The molecule has 0 radical (unpaired) electrons. The zero-order chi connectivity index (χ0) is 10.8. The molecular formula is C15H19N. The smallest absolute Gasteiger partial charge is 0.0562 e. The van der Waals surface area contributed by atoms with E-state index in [0.29, 0.717) is 11.5 Å². The lowest BCUT2D eigenvalue weighted by atomic mass is 9.86. The molecular weight excluding hydrogens is 194 g/mol. The van der Waals surface area contributed by atoms with Crippen LogP contribution in [-0.2, 0) is 0 Å². The van der Waals surface area contributed by atoms with E-state index < -0.39 is 0 Å². The van der Waals surface area contributed by atoms with Gasteiger partial charge in [0.2, 0.25) is 0 Å². The van der Waals surface area contributed by atoms with Crippen molar-refractivity contribution in [2.75, 3.05) is 0 Å². The fraction of sp³-hybridized carbons (Fsp3) is 0.533. The van der Waals surface area contributed by atoms with Gasteiger partial charge in [0, 0.05) is 6.21 Å². The Kier molecular flexibility index (Phi) is 2.55. The molecule has 0 aromatic heterocycles. The van der Waals surface area contributed by atoms with Crippen molar-refractivity contribution < 1.29 is 0 Å². The van der Waals surface area contributed by atoms with Crippen LogP contribution in [0.25, 0.3) is 0 Å². The molecule has 1 aromatic rings. The second-order valence-electron chi connectivity index (χ2n) is 5.33. The Balaban J connectivity index is 1.63. The summed E-state index contributed by atoms with van der Waals surface area (Å²) in [4.78, 5) is 4.76. The maximum absolute atomic E-state index is 4.76. The Morgan fingerprint density at radius 1 is 1.06 bits per heavy atom. The van der Waals surface area contributed by atoms with Gasteiger partial charge < -0.3 is 0 Å². The molecule has 2 saturated carbocycles. The average molecular weight is 213 g/mol. The fourth-order valence-electron chi connectivity index (χ4n) is 3.05. The van der Waals surface area contributed by atoms with Crippen molar-refractivity contribution in [3.63, 3.8) is 0 Å². The highest BCUT2D eigenvalue weighted by molar-refractivity contribution is 5.79. The third-order valence-corrected chi connectivity index (χ3v) is 4.20. The summed E-state index contributed by atoms with van der Waals surface area (Å²) in [7, 11) is 0. The summed E-state index contributed by atoms with van der Waals surface area (Å²) in [6.07, 6.45) is 10.5. The van der Waals surface area contributed by atoms with Crippen LogP contribution in [-0.4, -0.2) is 12.3 Å². The standard InChI is InChI=1S/C15H19N/c1-3-7-13(8-4-1)12-16-14-11-15(14)9-5-2-6-10-15/h1,3-4,7-8,12,14H,2,5-6,9-11H2. The van der Waals surface area contributed by atoms with Crippen molar-refractivity contribution in [3.05, 3.63) is 35.9 Å². The van der Waals surface area contributed by atoms with E-state index in [-0.39, 0.29) is 0 Å². The number of nitrogens with zero attached hydrogens (tertiary/aromatic N) is 1. The first-order chi connectivity index (χ1) is 7.89. The largest absolute Gasteiger partial charge is 0.289 e. The van der Waals surface area contributed by atoms with Gasteiger partial charge in [-0.2, -0.15) is 0 Å². The molecule has 0 aliphatic heterocycles. The highest BCUT2D eigenvalue weighted by atomic mass is 14.9. The molecule has 1 aromatic carbocycles. The van der Waals surface area contributed by atoms with E-state index in [9.17, 15) is 0 Å². The van der Waals surface area contributed by atoms with E-state index in [0.717, 1.165) is 0 Å². The summed E-state index contributed by atoms with van der Waals surface area (Å²) in [5.74, 6) is 0. The van der Waals surface area contributed by atoms with Gasteiger partial charge in [0.05, 0.1) is 6.04 Å². The lowest BCUT2D eigenvalue weighted by Crippen LogP contribution is -2.10. The number of aliphatic imine (C=N–C) groups is 1. The highest BCUT2D eigenvalue weighted by Gasteiger charge is 2.53. The van der Waals surface area contributed by atoms with Crippen molar-refractivity contribution in [1.82, 2.24) is 0 Å². The molecule has 0 saturated heterocycles. The summed E-state index contributed by atoms with van der Waals surface area (Å²) in [5.41, 5.74) is 1.86. The zero-order valence-corrected chi connectivity index (χ0v) is 9.73. The predicted octanol–water partition coefficient (Wildman–Crippen LogP) is 3.83. The Hall–Kier alpha value is -1.11. The molecule has 0 N–H and O–H groups in total. The van der Waals surface area contributed by atoms with Crippen LogP contribution in [0.15, 0.2) is 35.3 Å². The van der Waals surface area contributed by atoms with Crippen LogP contribution >= 0.6 is 0 Å². The molecule has 3 rings (SSSR count). The van der Waals surface area contributed by atoms with Crippen LogP contribution < -0.4 is 0 Å². The van der Waals surface area contributed by atoms with Crippen LogP contribution in [0.3, 0.4) is 0 Å². The van der Waals surface area contributed by atoms with Gasteiger partial charge in [-0.05, 0) is 30.2 Å². The van der Waals surface area contributed by atoms with Gasteiger partial charge in [-0.15, -0.1) is 0 Å².